The fourth-order valence-corrected chi connectivity index (χ4v) is 4.05. The largest absolute Gasteiger partial charge is 0.322 e. The van der Waals surface area contributed by atoms with E-state index in [9.17, 15) is 13.2 Å². The molecule has 0 radical (unpaired) electrons. The fraction of sp³-hybridized carbons (Fsp3) is 0.136. The summed E-state index contributed by atoms with van der Waals surface area (Å²) in [6.45, 7) is 2.02. The van der Waals surface area contributed by atoms with Crippen LogP contribution in [0.15, 0.2) is 83.8 Å². The van der Waals surface area contributed by atoms with E-state index >= 15 is 0 Å². The molecule has 0 bridgehead atoms. The van der Waals surface area contributed by atoms with Gasteiger partial charge in [-0.3, -0.25) is 9.10 Å². The number of hydrogen-bond acceptors (Lipinski definition) is 3. The maximum absolute atomic E-state index is 12.8. The highest BCUT2D eigenvalue weighted by atomic mass is 32.2. The molecule has 1 amide bonds. The quantitative estimate of drug-likeness (QED) is 0.677. The van der Waals surface area contributed by atoms with Crippen LogP contribution >= 0.6 is 0 Å². The van der Waals surface area contributed by atoms with Crippen molar-refractivity contribution in [1.82, 2.24) is 0 Å². The number of nitrogens with zero attached hydrogens (tertiary/aromatic N) is 1. The topological polar surface area (TPSA) is 66.5 Å². The zero-order chi connectivity index (χ0) is 20.1. The Morgan fingerprint density at radius 1 is 0.893 bits per heavy atom. The predicted molar refractivity (Wildman–Crippen MR) is 112 cm³/mol. The smallest absolute Gasteiger partial charge is 0.264 e. The summed E-state index contributed by atoms with van der Waals surface area (Å²) in [5.74, 6) is -0.277. The average molecular weight is 394 g/mol. The van der Waals surface area contributed by atoms with Gasteiger partial charge in [0.25, 0.3) is 15.9 Å². The highest BCUT2D eigenvalue weighted by Crippen LogP contribution is 2.22. The molecule has 0 atom stereocenters. The lowest BCUT2D eigenvalue weighted by Crippen LogP contribution is -2.26. The fourth-order valence-electron chi connectivity index (χ4n) is 2.86. The van der Waals surface area contributed by atoms with Crippen LogP contribution in [0.2, 0.25) is 0 Å². The second-order valence-corrected chi connectivity index (χ2v) is 8.27. The van der Waals surface area contributed by atoms with Crippen LogP contribution in [0.3, 0.4) is 0 Å². The molecule has 3 aromatic carbocycles. The molecule has 0 aliphatic carbocycles. The summed E-state index contributed by atoms with van der Waals surface area (Å²) in [6.07, 6.45) is 0.805. The molecule has 6 heteroatoms. The molecule has 0 unspecified atom stereocenters. The van der Waals surface area contributed by atoms with Gasteiger partial charge >= 0.3 is 0 Å². The van der Waals surface area contributed by atoms with Crippen molar-refractivity contribution in [2.75, 3.05) is 16.7 Å². The number of rotatable bonds is 6. The second-order valence-electron chi connectivity index (χ2n) is 6.30. The van der Waals surface area contributed by atoms with E-state index in [1.54, 1.807) is 24.3 Å². The lowest BCUT2D eigenvalue weighted by molar-refractivity contribution is 0.102. The molecule has 144 valence electrons. The zero-order valence-corrected chi connectivity index (χ0v) is 16.6. The molecule has 0 aliphatic rings. The SMILES string of the molecule is CCc1ccccc1NC(=O)c1ccc(S(=O)(=O)N(C)c2ccccc2)cc1. The van der Waals surface area contributed by atoms with Gasteiger partial charge in [-0.05, 0) is 54.4 Å². The Balaban J connectivity index is 1.80. The third-order valence-electron chi connectivity index (χ3n) is 4.54. The van der Waals surface area contributed by atoms with E-state index in [2.05, 4.69) is 5.32 Å². The summed E-state index contributed by atoms with van der Waals surface area (Å²) in [7, 11) is -2.20. The number of hydrogen-bond donors (Lipinski definition) is 1. The molecule has 0 saturated carbocycles. The van der Waals surface area contributed by atoms with Crippen molar-refractivity contribution in [3.05, 3.63) is 90.0 Å². The highest BCUT2D eigenvalue weighted by molar-refractivity contribution is 7.92. The molecule has 0 heterocycles. The van der Waals surface area contributed by atoms with Gasteiger partial charge in [-0.15, -0.1) is 0 Å². The van der Waals surface area contributed by atoms with Gasteiger partial charge in [-0.1, -0.05) is 43.3 Å². The highest BCUT2D eigenvalue weighted by Gasteiger charge is 2.21. The van der Waals surface area contributed by atoms with E-state index in [-0.39, 0.29) is 10.8 Å². The summed E-state index contributed by atoms with van der Waals surface area (Å²) in [5, 5.41) is 2.89. The minimum absolute atomic E-state index is 0.129. The van der Waals surface area contributed by atoms with Gasteiger partial charge in [0.2, 0.25) is 0 Å². The van der Waals surface area contributed by atoms with Gasteiger partial charge in [0.15, 0.2) is 0 Å². The molecule has 0 saturated heterocycles. The van der Waals surface area contributed by atoms with E-state index in [1.807, 2.05) is 37.3 Å². The molecule has 0 fully saturated rings. The first-order valence-corrected chi connectivity index (χ1v) is 10.4. The standard InChI is InChI=1S/C22H22N2O3S/c1-3-17-9-7-8-12-21(17)23-22(25)18-13-15-20(16-14-18)28(26,27)24(2)19-10-5-4-6-11-19/h4-16H,3H2,1-2H3,(H,23,25). The van der Waals surface area contributed by atoms with Crippen LogP contribution in [0.1, 0.15) is 22.8 Å². The number of carbonyl (C=O) groups is 1. The Morgan fingerprint density at radius 2 is 1.50 bits per heavy atom. The molecular formula is C22H22N2O3S. The van der Waals surface area contributed by atoms with Crippen LogP contribution in [-0.4, -0.2) is 21.4 Å². The summed E-state index contributed by atoms with van der Waals surface area (Å²) < 4.78 is 26.8. The number of anilines is 2. The minimum atomic E-state index is -3.70. The van der Waals surface area contributed by atoms with Crippen molar-refractivity contribution in [3.8, 4) is 0 Å². The van der Waals surface area contributed by atoms with Crippen molar-refractivity contribution in [1.29, 1.82) is 0 Å². The van der Waals surface area contributed by atoms with Crippen LogP contribution < -0.4 is 9.62 Å². The number of benzene rings is 3. The summed E-state index contributed by atoms with van der Waals surface area (Å²) >= 11 is 0. The Hall–Kier alpha value is -3.12. The number of sulfonamides is 1. The predicted octanol–water partition coefficient (Wildman–Crippen LogP) is 4.33. The van der Waals surface area contributed by atoms with Gasteiger partial charge in [0.1, 0.15) is 0 Å². The van der Waals surface area contributed by atoms with Crippen molar-refractivity contribution >= 4 is 27.3 Å². The van der Waals surface area contributed by atoms with Gasteiger partial charge in [-0.2, -0.15) is 0 Å². The number of carbonyl (C=O) groups excluding carboxylic acids is 1. The number of amides is 1. The third kappa shape index (κ3) is 4.07. The lowest BCUT2D eigenvalue weighted by Gasteiger charge is -2.19. The monoisotopic (exact) mass is 394 g/mol. The van der Waals surface area contributed by atoms with Gasteiger partial charge in [0.05, 0.1) is 10.6 Å². The zero-order valence-electron chi connectivity index (χ0n) is 15.8. The van der Waals surface area contributed by atoms with Crippen molar-refractivity contribution < 1.29 is 13.2 Å². The average Bonchev–Trinajstić information content (AvgIpc) is 2.74. The normalized spacial score (nSPS) is 11.1. The van der Waals surface area contributed by atoms with Gasteiger partial charge < -0.3 is 5.32 Å². The molecule has 3 aromatic rings. The molecule has 0 aromatic heterocycles. The Morgan fingerprint density at radius 3 is 2.14 bits per heavy atom. The van der Waals surface area contributed by atoms with Crippen LogP contribution in [0.25, 0.3) is 0 Å². The van der Waals surface area contributed by atoms with E-state index in [4.69, 9.17) is 0 Å². The van der Waals surface area contributed by atoms with Crippen molar-refractivity contribution in [3.63, 3.8) is 0 Å². The van der Waals surface area contributed by atoms with E-state index in [0.29, 0.717) is 11.3 Å². The maximum Gasteiger partial charge on any atom is 0.264 e. The number of nitrogens with one attached hydrogen (secondary N) is 1. The first-order chi connectivity index (χ1) is 13.4. The second kappa shape index (κ2) is 8.27. The Kier molecular flexibility index (Phi) is 5.80. The van der Waals surface area contributed by atoms with E-state index < -0.39 is 10.0 Å². The molecule has 0 spiro atoms. The molecule has 28 heavy (non-hydrogen) atoms. The summed E-state index contributed by atoms with van der Waals surface area (Å²) in [4.78, 5) is 12.7. The first-order valence-electron chi connectivity index (χ1n) is 8.97. The van der Waals surface area contributed by atoms with Crippen molar-refractivity contribution in [2.45, 2.75) is 18.2 Å². The van der Waals surface area contributed by atoms with Crippen LogP contribution in [-0.2, 0) is 16.4 Å². The lowest BCUT2D eigenvalue weighted by atomic mass is 10.1. The first kappa shape index (κ1) is 19.6. The van der Waals surface area contributed by atoms with Gasteiger partial charge in [0, 0.05) is 18.3 Å². The van der Waals surface area contributed by atoms with Crippen molar-refractivity contribution in [2.24, 2.45) is 0 Å². The Labute approximate surface area is 165 Å². The maximum atomic E-state index is 12.8. The van der Waals surface area contributed by atoms with E-state index in [1.165, 1.54) is 35.6 Å². The minimum Gasteiger partial charge on any atom is -0.322 e. The molecule has 3 rings (SSSR count). The number of para-hydroxylation sites is 2. The summed E-state index contributed by atoms with van der Waals surface area (Å²) in [6, 6.07) is 22.4. The summed E-state index contributed by atoms with van der Waals surface area (Å²) in [5.41, 5.74) is 2.77. The van der Waals surface area contributed by atoms with E-state index in [0.717, 1.165) is 17.7 Å². The number of aryl methyl sites for hydroxylation is 1. The van der Waals surface area contributed by atoms with Gasteiger partial charge in [-0.25, -0.2) is 8.42 Å². The molecule has 0 aliphatic heterocycles. The third-order valence-corrected chi connectivity index (χ3v) is 6.34. The van der Waals surface area contributed by atoms with Crippen LogP contribution in [0.5, 0.6) is 0 Å². The van der Waals surface area contributed by atoms with Crippen LogP contribution in [0.4, 0.5) is 11.4 Å². The molecule has 5 nitrogen and oxygen atoms in total. The van der Waals surface area contributed by atoms with Crippen LogP contribution in [0, 0.1) is 0 Å². The molecular weight excluding hydrogens is 372 g/mol. The Bertz CT molecular complexity index is 1060. The molecule has 1 N–H and O–H groups in total.